The van der Waals surface area contributed by atoms with Crippen LogP contribution in [0.2, 0.25) is 0 Å². The molecule has 0 aromatic carbocycles. The van der Waals surface area contributed by atoms with Crippen molar-refractivity contribution < 1.29 is 14.4 Å². The molecule has 4 rings (SSSR count). The molecule has 8 heteroatoms. The van der Waals surface area contributed by atoms with Gasteiger partial charge in [-0.25, -0.2) is 9.97 Å². The highest BCUT2D eigenvalue weighted by Gasteiger charge is 2.60. The summed E-state index contributed by atoms with van der Waals surface area (Å²) in [7, 11) is 0. The molecule has 3 amide bonds. The third-order valence-electron chi connectivity index (χ3n) is 6.28. The average Bonchev–Trinajstić information content (AvgIpc) is 3.41. The Hall–Kier alpha value is -2.51. The van der Waals surface area contributed by atoms with E-state index in [0.29, 0.717) is 26.2 Å². The number of carbonyl (C=O) groups excluding carboxylic acids is 3. The van der Waals surface area contributed by atoms with Crippen LogP contribution in [0.1, 0.15) is 37.3 Å². The van der Waals surface area contributed by atoms with Crippen molar-refractivity contribution in [2.75, 3.05) is 39.3 Å². The molecule has 0 radical (unpaired) electrons. The Morgan fingerprint density at radius 2 is 1.61 bits per heavy atom. The Kier molecular flexibility index (Phi) is 4.81. The van der Waals surface area contributed by atoms with Crippen molar-refractivity contribution in [3.63, 3.8) is 0 Å². The predicted molar refractivity (Wildman–Crippen MR) is 101 cm³/mol. The van der Waals surface area contributed by atoms with Crippen molar-refractivity contribution in [3.8, 4) is 0 Å². The van der Waals surface area contributed by atoms with Crippen LogP contribution in [0.3, 0.4) is 0 Å². The van der Waals surface area contributed by atoms with Gasteiger partial charge in [0.2, 0.25) is 17.6 Å². The quantitative estimate of drug-likeness (QED) is 0.763. The molecule has 0 unspecified atom stereocenters. The zero-order valence-corrected chi connectivity index (χ0v) is 16.5. The summed E-state index contributed by atoms with van der Waals surface area (Å²) in [6.07, 6.45) is 5.12. The molecule has 2 atom stereocenters. The molecule has 3 saturated heterocycles. The van der Waals surface area contributed by atoms with E-state index in [1.165, 1.54) is 0 Å². The zero-order chi connectivity index (χ0) is 19.9. The van der Waals surface area contributed by atoms with Crippen LogP contribution in [-0.2, 0) is 9.59 Å². The minimum absolute atomic E-state index is 0.0454. The van der Waals surface area contributed by atoms with E-state index in [0.717, 1.165) is 25.9 Å². The second-order valence-corrected chi connectivity index (χ2v) is 8.48. The van der Waals surface area contributed by atoms with Crippen molar-refractivity contribution in [2.24, 2.45) is 17.3 Å². The lowest BCUT2D eigenvalue weighted by Crippen LogP contribution is -2.49. The van der Waals surface area contributed by atoms with E-state index in [1.807, 2.05) is 23.6 Å². The first-order valence-electron chi connectivity index (χ1n) is 10.1. The fraction of sp³-hybridized carbons (Fsp3) is 0.650. The molecule has 1 aromatic heterocycles. The summed E-state index contributed by atoms with van der Waals surface area (Å²) in [5.74, 6) is -0.0681. The number of nitrogens with zero attached hydrogens (tertiary/aromatic N) is 5. The number of amides is 3. The van der Waals surface area contributed by atoms with E-state index >= 15 is 0 Å². The maximum Gasteiger partial charge on any atom is 0.291 e. The number of aromatic nitrogens is 2. The molecule has 8 nitrogen and oxygen atoms in total. The van der Waals surface area contributed by atoms with Gasteiger partial charge in [0.25, 0.3) is 5.91 Å². The Labute approximate surface area is 164 Å². The van der Waals surface area contributed by atoms with Crippen LogP contribution in [0, 0.1) is 17.3 Å². The average molecular weight is 385 g/mol. The topological polar surface area (TPSA) is 86.7 Å². The van der Waals surface area contributed by atoms with Gasteiger partial charge in [-0.1, -0.05) is 13.8 Å². The highest BCUT2D eigenvalue weighted by molar-refractivity contribution is 5.93. The first kappa shape index (κ1) is 18.8. The van der Waals surface area contributed by atoms with Crippen molar-refractivity contribution in [1.82, 2.24) is 24.7 Å². The lowest BCUT2D eigenvalue weighted by molar-refractivity contribution is -0.141. The lowest BCUT2D eigenvalue weighted by atomic mass is 9.79. The molecule has 28 heavy (non-hydrogen) atoms. The first-order chi connectivity index (χ1) is 13.4. The van der Waals surface area contributed by atoms with Gasteiger partial charge in [0.05, 0.1) is 5.41 Å². The summed E-state index contributed by atoms with van der Waals surface area (Å²) in [5, 5.41) is 0. The normalized spacial score (nSPS) is 26.8. The molecule has 1 aromatic rings. The van der Waals surface area contributed by atoms with Crippen LogP contribution in [0.25, 0.3) is 0 Å². The summed E-state index contributed by atoms with van der Waals surface area (Å²) < 4.78 is 0. The smallest absolute Gasteiger partial charge is 0.291 e. The maximum atomic E-state index is 13.5. The first-order valence-corrected chi connectivity index (χ1v) is 10.1. The second kappa shape index (κ2) is 7.14. The monoisotopic (exact) mass is 385 g/mol. The minimum Gasteiger partial charge on any atom is -0.342 e. The van der Waals surface area contributed by atoms with Crippen molar-refractivity contribution in [2.45, 2.75) is 26.7 Å². The van der Waals surface area contributed by atoms with Gasteiger partial charge in [0, 0.05) is 63.5 Å². The summed E-state index contributed by atoms with van der Waals surface area (Å²) in [6.45, 7) is 6.99. The van der Waals surface area contributed by atoms with Gasteiger partial charge in [-0.05, 0) is 18.9 Å². The number of carbonyl (C=O) groups is 3. The molecule has 3 aliphatic rings. The highest BCUT2D eigenvalue weighted by Crippen LogP contribution is 2.45. The van der Waals surface area contributed by atoms with Gasteiger partial charge in [-0.2, -0.15) is 0 Å². The van der Waals surface area contributed by atoms with Gasteiger partial charge in [0.1, 0.15) is 0 Å². The largest absolute Gasteiger partial charge is 0.342 e. The van der Waals surface area contributed by atoms with Gasteiger partial charge in [-0.3, -0.25) is 14.4 Å². The molecule has 3 aliphatic heterocycles. The van der Waals surface area contributed by atoms with Gasteiger partial charge >= 0.3 is 0 Å². The molecule has 3 fully saturated rings. The molecule has 0 saturated carbocycles. The van der Waals surface area contributed by atoms with E-state index in [2.05, 4.69) is 9.97 Å². The molecular weight excluding hydrogens is 358 g/mol. The minimum atomic E-state index is -0.709. The number of fused-ring (bicyclic) bond motifs is 1. The number of rotatable bonds is 3. The van der Waals surface area contributed by atoms with E-state index in [-0.39, 0.29) is 35.4 Å². The number of hydrogen-bond acceptors (Lipinski definition) is 5. The maximum absolute atomic E-state index is 13.5. The van der Waals surface area contributed by atoms with Crippen LogP contribution < -0.4 is 0 Å². The third-order valence-corrected chi connectivity index (χ3v) is 6.28. The fourth-order valence-corrected chi connectivity index (χ4v) is 4.84. The molecule has 0 bridgehead atoms. The number of hydrogen-bond donors (Lipinski definition) is 0. The fourth-order valence-electron chi connectivity index (χ4n) is 4.84. The molecule has 150 valence electrons. The lowest BCUT2D eigenvalue weighted by Gasteiger charge is -2.32. The molecule has 0 spiro atoms. The van der Waals surface area contributed by atoms with Crippen molar-refractivity contribution >= 4 is 17.7 Å². The summed E-state index contributed by atoms with van der Waals surface area (Å²) in [6, 6.07) is 1.67. The Morgan fingerprint density at radius 3 is 2.25 bits per heavy atom. The standard InChI is InChI=1S/C20H27N5O3/c1-14(2)17(26)24-10-15-11-25(18(27)16-21-6-5-7-22-16)13-20(15,12-24)19(28)23-8-3-4-9-23/h5-7,14-15H,3-4,8-13H2,1-2H3/t15-,20-/m0/s1. The summed E-state index contributed by atoms with van der Waals surface area (Å²) >= 11 is 0. The van der Waals surface area contributed by atoms with Crippen LogP contribution in [0.4, 0.5) is 0 Å². The molecule has 0 aliphatic carbocycles. The Bertz CT molecular complexity index is 777. The van der Waals surface area contributed by atoms with Crippen molar-refractivity contribution in [1.29, 1.82) is 0 Å². The van der Waals surface area contributed by atoms with E-state index in [4.69, 9.17) is 0 Å². The zero-order valence-electron chi connectivity index (χ0n) is 16.5. The SMILES string of the molecule is CC(C)C(=O)N1C[C@H]2CN(C(=O)c3ncccn3)C[C@@]2(C(=O)N2CCCC2)C1. The highest BCUT2D eigenvalue weighted by atomic mass is 16.2. The van der Waals surface area contributed by atoms with Gasteiger partial charge in [0.15, 0.2) is 0 Å². The third kappa shape index (κ3) is 3.04. The summed E-state index contributed by atoms with van der Waals surface area (Å²) in [5.41, 5.74) is -0.709. The van der Waals surface area contributed by atoms with Gasteiger partial charge < -0.3 is 14.7 Å². The summed E-state index contributed by atoms with van der Waals surface area (Å²) in [4.78, 5) is 52.6. The van der Waals surface area contributed by atoms with E-state index < -0.39 is 5.41 Å². The predicted octanol–water partition coefficient (Wildman–Crippen LogP) is 0.656. The van der Waals surface area contributed by atoms with Gasteiger partial charge in [-0.15, -0.1) is 0 Å². The van der Waals surface area contributed by atoms with Crippen molar-refractivity contribution in [3.05, 3.63) is 24.3 Å². The Balaban J connectivity index is 1.60. The molecule has 4 heterocycles. The molecular formula is C20H27N5O3. The van der Waals surface area contributed by atoms with E-state index in [1.54, 1.807) is 23.4 Å². The second-order valence-electron chi connectivity index (χ2n) is 8.48. The van der Waals surface area contributed by atoms with Crippen LogP contribution in [0.15, 0.2) is 18.5 Å². The number of likely N-dealkylation sites (tertiary alicyclic amines) is 3. The van der Waals surface area contributed by atoms with Crippen LogP contribution in [0.5, 0.6) is 0 Å². The van der Waals surface area contributed by atoms with Crippen LogP contribution >= 0.6 is 0 Å². The Morgan fingerprint density at radius 1 is 1.00 bits per heavy atom. The molecule has 0 N–H and O–H groups in total. The van der Waals surface area contributed by atoms with Crippen LogP contribution in [-0.4, -0.2) is 81.7 Å². The van der Waals surface area contributed by atoms with E-state index in [9.17, 15) is 14.4 Å².